The van der Waals surface area contributed by atoms with Crippen molar-refractivity contribution in [2.75, 3.05) is 0 Å². The minimum atomic E-state index is -0.644. The van der Waals surface area contributed by atoms with Crippen LogP contribution in [0.5, 0.6) is 0 Å². The summed E-state index contributed by atoms with van der Waals surface area (Å²) in [5.74, 6) is -0.198. The van der Waals surface area contributed by atoms with Gasteiger partial charge in [0.1, 0.15) is 17.7 Å². The van der Waals surface area contributed by atoms with Crippen LogP contribution in [0.4, 0.5) is 0 Å². The SMILES string of the molecule is Cc1cc(C(=N)c2ccncn2)c(=O)n2c1C(=O)NC21CCCCC1. The van der Waals surface area contributed by atoms with Gasteiger partial charge in [-0.3, -0.25) is 19.6 Å². The lowest BCUT2D eigenvalue weighted by atomic mass is 9.89. The lowest BCUT2D eigenvalue weighted by Crippen LogP contribution is -2.49. The molecule has 0 saturated heterocycles. The zero-order valence-electron chi connectivity index (χ0n) is 14.0. The fourth-order valence-electron chi connectivity index (χ4n) is 4.00. The van der Waals surface area contributed by atoms with Gasteiger partial charge in [-0.05, 0) is 50.3 Å². The van der Waals surface area contributed by atoms with E-state index in [1.54, 1.807) is 22.9 Å². The second-order valence-corrected chi connectivity index (χ2v) is 6.75. The number of fused-ring (bicyclic) bond motifs is 2. The van der Waals surface area contributed by atoms with Crippen molar-refractivity contribution >= 4 is 11.6 Å². The number of aryl methyl sites for hydroxylation is 1. The van der Waals surface area contributed by atoms with Crippen LogP contribution in [0.2, 0.25) is 0 Å². The van der Waals surface area contributed by atoms with Gasteiger partial charge in [0, 0.05) is 6.20 Å². The fraction of sp³-hybridized carbons (Fsp3) is 0.389. The molecule has 7 nitrogen and oxygen atoms in total. The van der Waals surface area contributed by atoms with Crippen LogP contribution >= 0.6 is 0 Å². The van der Waals surface area contributed by atoms with Gasteiger partial charge in [-0.1, -0.05) is 6.42 Å². The molecule has 128 valence electrons. The van der Waals surface area contributed by atoms with Crippen LogP contribution in [0.25, 0.3) is 0 Å². The third-order valence-electron chi connectivity index (χ3n) is 5.17. The Bertz CT molecular complexity index is 926. The summed E-state index contributed by atoms with van der Waals surface area (Å²) in [6.07, 6.45) is 7.44. The van der Waals surface area contributed by atoms with Crippen molar-refractivity contribution in [1.82, 2.24) is 19.9 Å². The largest absolute Gasteiger partial charge is 0.327 e. The molecule has 1 saturated carbocycles. The van der Waals surface area contributed by atoms with Crippen molar-refractivity contribution in [3.63, 3.8) is 0 Å². The second kappa shape index (κ2) is 5.61. The average molecular weight is 337 g/mol. The number of hydrogen-bond donors (Lipinski definition) is 2. The molecule has 1 amide bonds. The monoisotopic (exact) mass is 337 g/mol. The third-order valence-corrected chi connectivity index (χ3v) is 5.17. The molecule has 25 heavy (non-hydrogen) atoms. The quantitative estimate of drug-likeness (QED) is 0.815. The van der Waals surface area contributed by atoms with Crippen LogP contribution in [0.3, 0.4) is 0 Å². The maximum absolute atomic E-state index is 13.2. The first-order chi connectivity index (χ1) is 12.0. The van der Waals surface area contributed by atoms with E-state index in [4.69, 9.17) is 5.41 Å². The van der Waals surface area contributed by atoms with E-state index < -0.39 is 5.66 Å². The number of aromatic nitrogens is 3. The molecule has 0 atom stereocenters. The molecule has 1 fully saturated rings. The molecule has 0 radical (unpaired) electrons. The first-order valence-electron chi connectivity index (χ1n) is 8.48. The Balaban J connectivity index is 1.92. The number of nitrogens with zero attached hydrogens (tertiary/aromatic N) is 3. The molecule has 1 aliphatic heterocycles. The molecular formula is C18H19N5O2. The minimum absolute atomic E-state index is 0.0520. The molecule has 2 aromatic heterocycles. The third kappa shape index (κ3) is 2.30. The topological polar surface area (TPSA) is 101 Å². The zero-order valence-corrected chi connectivity index (χ0v) is 14.0. The Morgan fingerprint density at radius 3 is 2.72 bits per heavy atom. The summed E-state index contributed by atoms with van der Waals surface area (Å²) in [5, 5.41) is 11.5. The van der Waals surface area contributed by atoms with Crippen LogP contribution in [0.15, 0.2) is 29.5 Å². The van der Waals surface area contributed by atoms with E-state index >= 15 is 0 Å². The van der Waals surface area contributed by atoms with E-state index in [9.17, 15) is 9.59 Å². The average Bonchev–Trinajstić information content (AvgIpc) is 2.91. The van der Waals surface area contributed by atoms with Crippen molar-refractivity contribution in [3.05, 3.63) is 57.5 Å². The van der Waals surface area contributed by atoms with Crippen LogP contribution in [-0.2, 0) is 5.66 Å². The number of rotatable bonds is 2. The number of amides is 1. The molecule has 1 spiro atoms. The summed E-state index contributed by atoms with van der Waals surface area (Å²) in [6.45, 7) is 1.81. The highest BCUT2D eigenvalue weighted by Gasteiger charge is 2.45. The molecule has 0 bridgehead atoms. The Hall–Kier alpha value is -2.83. The van der Waals surface area contributed by atoms with Crippen LogP contribution in [0, 0.1) is 12.3 Å². The van der Waals surface area contributed by atoms with Crippen LogP contribution in [-0.4, -0.2) is 26.2 Å². The molecule has 2 aliphatic rings. The summed E-state index contributed by atoms with van der Waals surface area (Å²) in [7, 11) is 0. The molecular weight excluding hydrogens is 318 g/mol. The molecule has 3 heterocycles. The molecule has 1 aliphatic carbocycles. The van der Waals surface area contributed by atoms with Gasteiger partial charge in [0.05, 0.1) is 17.0 Å². The van der Waals surface area contributed by atoms with Gasteiger partial charge in [0.15, 0.2) is 0 Å². The van der Waals surface area contributed by atoms with Crippen molar-refractivity contribution in [3.8, 4) is 0 Å². The van der Waals surface area contributed by atoms with Crippen molar-refractivity contribution < 1.29 is 4.79 Å². The minimum Gasteiger partial charge on any atom is -0.327 e. The van der Waals surface area contributed by atoms with Crippen molar-refractivity contribution in [2.45, 2.75) is 44.7 Å². The maximum Gasteiger partial charge on any atom is 0.270 e. The standard InChI is InChI=1S/C18H19N5O2/c1-11-9-12(14(19)13-5-8-20-10-21-13)17(25)23-15(11)16(24)22-18(23)6-3-2-4-7-18/h5,8-10,19H,2-4,6-7H2,1H3,(H,22,24). The second-order valence-electron chi connectivity index (χ2n) is 6.75. The predicted molar refractivity (Wildman–Crippen MR) is 91.9 cm³/mol. The van der Waals surface area contributed by atoms with Gasteiger partial charge < -0.3 is 5.32 Å². The summed E-state index contributed by atoms with van der Waals surface area (Å²) >= 11 is 0. The number of nitrogens with one attached hydrogen (secondary N) is 2. The van der Waals surface area contributed by atoms with Crippen molar-refractivity contribution in [1.29, 1.82) is 5.41 Å². The fourth-order valence-corrected chi connectivity index (χ4v) is 4.00. The zero-order chi connectivity index (χ0) is 17.6. The molecule has 7 heteroatoms. The highest BCUT2D eigenvalue weighted by atomic mass is 16.2. The summed E-state index contributed by atoms with van der Waals surface area (Å²) in [4.78, 5) is 33.7. The van der Waals surface area contributed by atoms with E-state index in [0.717, 1.165) is 32.1 Å². The van der Waals surface area contributed by atoms with E-state index in [-0.39, 0.29) is 22.7 Å². The smallest absolute Gasteiger partial charge is 0.270 e. The highest BCUT2D eigenvalue weighted by Crippen LogP contribution is 2.37. The van der Waals surface area contributed by atoms with Crippen molar-refractivity contribution in [2.24, 2.45) is 0 Å². The molecule has 2 N–H and O–H groups in total. The Kier molecular flexibility index (Phi) is 3.52. The summed E-state index contributed by atoms with van der Waals surface area (Å²) in [6, 6.07) is 3.23. The van der Waals surface area contributed by atoms with Gasteiger partial charge in [-0.2, -0.15) is 0 Å². The van der Waals surface area contributed by atoms with E-state index in [1.807, 2.05) is 6.92 Å². The number of pyridine rings is 1. The Morgan fingerprint density at radius 2 is 2.04 bits per heavy atom. The lowest BCUT2D eigenvalue weighted by molar-refractivity contribution is 0.0876. The molecule has 4 rings (SSSR count). The van der Waals surface area contributed by atoms with Gasteiger partial charge >= 0.3 is 0 Å². The molecule has 0 unspecified atom stereocenters. The normalized spacial score (nSPS) is 18.0. The van der Waals surface area contributed by atoms with Gasteiger partial charge in [0.25, 0.3) is 11.5 Å². The van der Waals surface area contributed by atoms with E-state index in [2.05, 4.69) is 15.3 Å². The Morgan fingerprint density at radius 1 is 1.28 bits per heavy atom. The molecule has 2 aromatic rings. The number of carbonyl (C=O) groups is 1. The van der Waals surface area contributed by atoms with E-state index in [1.165, 1.54) is 6.33 Å². The van der Waals surface area contributed by atoms with E-state index in [0.29, 0.717) is 17.0 Å². The molecule has 0 aromatic carbocycles. The highest BCUT2D eigenvalue weighted by molar-refractivity contribution is 6.10. The summed E-state index contributed by atoms with van der Waals surface area (Å²) < 4.78 is 1.61. The first kappa shape index (κ1) is 15.7. The summed E-state index contributed by atoms with van der Waals surface area (Å²) in [5.41, 5.74) is 0.887. The van der Waals surface area contributed by atoms with Crippen LogP contribution < -0.4 is 10.9 Å². The number of carbonyl (C=O) groups excluding carboxylic acids is 1. The van der Waals surface area contributed by atoms with Gasteiger partial charge in [-0.15, -0.1) is 0 Å². The predicted octanol–water partition coefficient (Wildman–Crippen LogP) is 1.72. The maximum atomic E-state index is 13.2. The van der Waals surface area contributed by atoms with Gasteiger partial charge in [-0.25, -0.2) is 9.97 Å². The first-order valence-corrected chi connectivity index (χ1v) is 8.48. The lowest BCUT2D eigenvalue weighted by Gasteiger charge is -2.35. The number of hydrogen-bond acceptors (Lipinski definition) is 5. The van der Waals surface area contributed by atoms with Gasteiger partial charge in [0.2, 0.25) is 0 Å². The Labute approximate surface area is 144 Å². The van der Waals surface area contributed by atoms with Crippen LogP contribution in [0.1, 0.15) is 59.4 Å².